The van der Waals surface area contributed by atoms with E-state index in [9.17, 15) is 23.6 Å². The van der Waals surface area contributed by atoms with Crippen molar-refractivity contribution in [2.24, 2.45) is 0 Å². The van der Waals surface area contributed by atoms with E-state index in [1.165, 1.54) is 6.92 Å². The van der Waals surface area contributed by atoms with Gasteiger partial charge in [0.25, 0.3) is 0 Å². The van der Waals surface area contributed by atoms with E-state index < -0.39 is 48.0 Å². The zero-order valence-corrected chi connectivity index (χ0v) is 21.3. The van der Waals surface area contributed by atoms with Gasteiger partial charge in [0.1, 0.15) is 18.3 Å². The van der Waals surface area contributed by atoms with Crippen molar-refractivity contribution in [3.63, 3.8) is 0 Å². The number of nitrogens with zero attached hydrogens (tertiary/aromatic N) is 1. The van der Waals surface area contributed by atoms with Crippen LogP contribution in [0.1, 0.15) is 68.7 Å². The molecule has 4 atom stereocenters. The van der Waals surface area contributed by atoms with Crippen LogP contribution in [0, 0.1) is 0 Å². The highest BCUT2D eigenvalue weighted by Gasteiger charge is 2.42. The average Bonchev–Trinajstić information content (AvgIpc) is 3.26. The van der Waals surface area contributed by atoms with Gasteiger partial charge in [0, 0.05) is 19.8 Å². The van der Waals surface area contributed by atoms with Crippen LogP contribution < -0.4 is 10.6 Å². The number of rotatable bonds is 10. The van der Waals surface area contributed by atoms with E-state index in [1.807, 2.05) is 54.6 Å². The first-order valence-electron chi connectivity index (χ1n) is 12.5. The predicted octanol–water partition coefficient (Wildman–Crippen LogP) is 3.32. The Bertz CT molecular complexity index is 1110. The zero-order valence-electron chi connectivity index (χ0n) is 21.3. The minimum Gasteiger partial charge on any atom is -0.481 e. The molecule has 1 aliphatic rings. The number of carboxylic acids is 1. The molecule has 0 radical (unpaired) electrons. The third-order valence-electron chi connectivity index (χ3n) is 6.51. The SMILES string of the molecule is CC(=O)N[C@H](CCC(=O)O)C(=O)N1C[C@H](F)C[C@H]1C(=O)N[C@@H](c1ccccc1)c1ccc(C(C)C)cc1. The third-order valence-corrected chi connectivity index (χ3v) is 6.51. The van der Waals surface area contributed by atoms with E-state index in [0.717, 1.165) is 21.6 Å². The van der Waals surface area contributed by atoms with Crippen LogP contribution in [0.25, 0.3) is 0 Å². The summed E-state index contributed by atoms with van der Waals surface area (Å²) >= 11 is 0. The second-order valence-corrected chi connectivity index (χ2v) is 9.70. The molecule has 3 amide bonds. The minimum atomic E-state index is -1.42. The molecule has 8 nitrogen and oxygen atoms in total. The van der Waals surface area contributed by atoms with E-state index in [0.29, 0.717) is 5.92 Å². The third kappa shape index (κ3) is 7.38. The molecular weight excluding hydrogens is 477 g/mol. The van der Waals surface area contributed by atoms with Gasteiger partial charge >= 0.3 is 5.97 Å². The van der Waals surface area contributed by atoms with Crippen LogP contribution in [0.4, 0.5) is 4.39 Å². The number of halogens is 1. The number of carbonyl (C=O) groups excluding carboxylic acids is 3. The van der Waals surface area contributed by atoms with Crippen molar-refractivity contribution in [2.75, 3.05) is 6.54 Å². The molecule has 1 aliphatic heterocycles. The summed E-state index contributed by atoms with van der Waals surface area (Å²) in [5.41, 5.74) is 2.83. The van der Waals surface area contributed by atoms with Crippen molar-refractivity contribution in [1.82, 2.24) is 15.5 Å². The lowest BCUT2D eigenvalue weighted by atomic mass is 9.95. The first kappa shape index (κ1) is 27.8. The second-order valence-electron chi connectivity index (χ2n) is 9.70. The molecule has 198 valence electrons. The number of amides is 3. The van der Waals surface area contributed by atoms with Gasteiger partial charge in [-0.2, -0.15) is 0 Å². The van der Waals surface area contributed by atoms with Gasteiger partial charge in [-0.1, -0.05) is 68.4 Å². The number of benzene rings is 2. The van der Waals surface area contributed by atoms with Crippen molar-refractivity contribution in [2.45, 2.75) is 70.2 Å². The van der Waals surface area contributed by atoms with Gasteiger partial charge in [-0.15, -0.1) is 0 Å². The number of nitrogens with one attached hydrogen (secondary N) is 2. The van der Waals surface area contributed by atoms with Gasteiger partial charge in [-0.25, -0.2) is 4.39 Å². The molecule has 0 unspecified atom stereocenters. The highest BCUT2D eigenvalue weighted by molar-refractivity contribution is 5.93. The van der Waals surface area contributed by atoms with E-state index in [1.54, 1.807) is 0 Å². The molecule has 0 bridgehead atoms. The quantitative estimate of drug-likeness (QED) is 0.453. The highest BCUT2D eigenvalue weighted by atomic mass is 19.1. The number of likely N-dealkylation sites (tertiary alicyclic amines) is 1. The number of carboxylic acid groups (broad SMARTS) is 1. The van der Waals surface area contributed by atoms with Gasteiger partial charge in [0.05, 0.1) is 12.6 Å². The number of hydrogen-bond donors (Lipinski definition) is 3. The molecule has 0 aliphatic carbocycles. The predicted molar refractivity (Wildman–Crippen MR) is 136 cm³/mol. The Morgan fingerprint density at radius 2 is 1.57 bits per heavy atom. The van der Waals surface area contributed by atoms with Crippen molar-refractivity contribution in [3.05, 3.63) is 71.3 Å². The fraction of sp³-hybridized carbons (Fsp3) is 0.429. The molecule has 2 aromatic carbocycles. The molecule has 37 heavy (non-hydrogen) atoms. The Labute approximate surface area is 216 Å². The molecule has 3 rings (SSSR count). The first-order valence-corrected chi connectivity index (χ1v) is 12.5. The Kier molecular flexibility index (Phi) is 9.38. The molecule has 0 aromatic heterocycles. The summed E-state index contributed by atoms with van der Waals surface area (Å²) in [5.74, 6) is -2.49. The smallest absolute Gasteiger partial charge is 0.303 e. The Morgan fingerprint density at radius 1 is 0.973 bits per heavy atom. The van der Waals surface area contributed by atoms with Crippen LogP contribution in [0.3, 0.4) is 0 Å². The summed E-state index contributed by atoms with van der Waals surface area (Å²) in [5, 5.41) is 14.5. The van der Waals surface area contributed by atoms with E-state index in [4.69, 9.17) is 5.11 Å². The molecule has 1 fully saturated rings. The lowest BCUT2D eigenvalue weighted by Crippen LogP contribution is -2.53. The molecule has 1 heterocycles. The van der Waals surface area contributed by atoms with Crippen LogP contribution >= 0.6 is 0 Å². The summed E-state index contributed by atoms with van der Waals surface area (Å²) in [6.45, 7) is 5.09. The fourth-order valence-corrected chi connectivity index (χ4v) is 4.56. The van der Waals surface area contributed by atoms with Crippen LogP contribution in [-0.4, -0.2) is 58.5 Å². The Morgan fingerprint density at radius 3 is 2.14 bits per heavy atom. The van der Waals surface area contributed by atoms with Crippen molar-refractivity contribution in [1.29, 1.82) is 0 Å². The topological polar surface area (TPSA) is 116 Å². The molecule has 9 heteroatoms. The van der Waals surface area contributed by atoms with Crippen molar-refractivity contribution < 1.29 is 28.7 Å². The summed E-state index contributed by atoms with van der Waals surface area (Å²) in [7, 11) is 0. The Balaban J connectivity index is 1.85. The maximum absolute atomic E-state index is 14.5. The molecule has 3 N–H and O–H groups in total. The van der Waals surface area contributed by atoms with Crippen LogP contribution in [-0.2, 0) is 19.2 Å². The van der Waals surface area contributed by atoms with E-state index in [-0.39, 0.29) is 25.8 Å². The van der Waals surface area contributed by atoms with Crippen LogP contribution in [0.5, 0.6) is 0 Å². The standard InChI is InChI=1S/C28H34FN3O5/c1-17(2)19-9-11-21(12-10-19)26(20-7-5-4-6-8-20)31-27(36)24-15-22(29)16-32(24)28(37)23(30-18(3)33)13-14-25(34)35/h4-12,17,22-24,26H,13-16H2,1-3H3,(H,30,33)(H,31,36)(H,34,35)/t22-,23-,24+,26+/m1/s1. The number of hydrogen-bond acceptors (Lipinski definition) is 4. The molecule has 1 saturated heterocycles. The number of aliphatic carboxylic acids is 1. The summed E-state index contributed by atoms with van der Waals surface area (Å²) < 4.78 is 14.5. The van der Waals surface area contributed by atoms with Gasteiger partial charge < -0.3 is 20.6 Å². The minimum absolute atomic E-state index is 0.162. The van der Waals surface area contributed by atoms with Gasteiger partial charge in [-0.05, 0) is 29.0 Å². The number of carbonyl (C=O) groups is 4. The zero-order chi connectivity index (χ0) is 27.1. The van der Waals surface area contributed by atoms with Crippen LogP contribution in [0.15, 0.2) is 54.6 Å². The van der Waals surface area contributed by atoms with Gasteiger partial charge in [-0.3, -0.25) is 19.2 Å². The second kappa shape index (κ2) is 12.5. The summed E-state index contributed by atoms with van der Waals surface area (Å²) in [4.78, 5) is 50.6. The highest BCUT2D eigenvalue weighted by Crippen LogP contribution is 2.27. The van der Waals surface area contributed by atoms with E-state index >= 15 is 0 Å². The average molecular weight is 512 g/mol. The van der Waals surface area contributed by atoms with Crippen molar-refractivity contribution in [3.8, 4) is 0 Å². The maximum Gasteiger partial charge on any atom is 0.303 e. The normalized spacial score (nSPS) is 18.8. The van der Waals surface area contributed by atoms with Gasteiger partial charge in [0.2, 0.25) is 17.7 Å². The largest absolute Gasteiger partial charge is 0.481 e. The lowest BCUT2D eigenvalue weighted by molar-refractivity contribution is -0.142. The maximum atomic E-state index is 14.5. The molecule has 2 aromatic rings. The van der Waals surface area contributed by atoms with Crippen molar-refractivity contribution >= 4 is 23.7 Å². The fourth-order valence-electron chi connectivity index (χ4n) is 4.56. The first-order chi connectivity index (χ1) is 17.6. The van der Waals surface area contributed by atoms with Gasteiger partial charge in [0.15, 0.2) is 0 Å². The van der Waals surface area contributed by atoms with E-state index in [2.05, 4.69) is 24.5 Å². The summed E-state index contributed by atoms with van der Waals surface area (Å²) in [6.07, 6.45) is -2.12. The molecular formula is C28H34FN3O5. The number of alkyl halides is 1. The lowest BCUT2D eigenvalue weighted by Gasteiger charge is -2.30. The molecule has 0 spiro atoms. The monoisotopic (exact) mass is 511 g/mol. The Hall–Kier alpha value is -3.75. The summed E-state index contributed by atoms with van der Waals surface area (Å²) in [6, 6.07) is 14.5. The molecule has 0 saturated carbocycles. The van der Waals surface area contributed by atoms with Crippen LogP contribution in [0.2, 0.25) is 0 Å².